The number of ether oxygens (including phenoxy) is 1. The van der Waals surface area contributed by atoms with Gasteiger partial charge in [-0.2, -0.15) is 0 Å². The van der Waals surface area contributed by atoms with Crippen molar-refractivity contribution in [3.8, 4) is 5.75 Å². The first-order chi connectivity index (χ1) is 15.8. The van der Waals surface area contributed by atoms with Crippen LogP contribution in [0.1, 0.15) is 31.0 Å². The van der Waals surface area contributed by atoms with Crippen molar-refractivity contribution in [3.63, 3.8) is 0 Å². The van der Waals surface area contributed by atoms with Crippen LogP contribution in [0.3, 0.4) is 0 Å². The summed E-state index contributed by atoms with van der Waals surface area (Å²) in [7, 11) is -2.64. The van der Waals surface area contributed by atoms with Crippen LogP contribution in [0.4, 0.5) is 5.69 Å². The molecule has 0 radical (unpaired) electrons. The molecule has 3 aromatic rings. The molecule has 0 spiro atoms. The Morgan fingerprint density at radius 3 is 2.33 bits per heavy atom. The van der Waals surface area contributed by atoms with Crippen LogP contribution in [0, 0.1) is 0 Å². The van der Waals surface area contributed by atoms with Gasteiger partial charge in [0.05, 0.1) is 23.7 Å². The van der Waals surface area contributed by atoms with Gasteiger partial charge in [0.2, 0.25) is 5.91 Å². The molecule has 0 saturated heterocycles. The molecular weight excluding hydrogens is 460 g/mol. The molecule has 1 atom stereocenters. The molecule has 0 fully saturated rings. The van der Waals surface area contributed by atoms with Crippen molar-refractivity contribution in [3.05, 3.63) is 88.9 Å². The number of hydrogen-bond donors (Lipinski definition) is 1. The topological polar surface area (TPSA) is 75.7 Å². The number of nitrogens with one attached hydrogen (secondary N) is 1. The Kier molecular flexibility index (Phi) is 8.00. The Balaban J connectivity index is 1.93. The number of methoxy groups -OCH3 is 1. The molecule has 0 aliphatic rings. The zero-order valence-corrected chi connectivity index (χ0v) is 20.4. The number of sulfonamides is 1. The van der Waals surface area contributed by atoms with E-state index in [4.69, 9.17) is 16.3 Å². The Morgan fingerprint density at radius 2 is 1.73 bits per heavy atom. The van der Waals surface area contributed by atoms with E-state index in [1.165, 1.54) is 30.9 Å². The average molecular weight is 487 g/mol. The molecule has 3 rings (SSSR count). The Hall–Kier alpha value is -3.03. The summed E-state index contributed by atoms with van der Waals surface area (Å²) < 4.78 is 33.4. The van der Waals surface area contributed by atoms with Gasteiger partial charge in [0.25, 0.3) is 10.0 Å². The van der Waals surface area contributed by atoms with E-state index in [9.17, 15) is 13.2 Å². The number of hydrogen-bond acceptors (Lipinski definition) is 4. The number of carbonyl (C=O) groups is 1. The number of benzene rings is 3. The number of halogens is 1. The predicted molar refractivity (Wildman–Crippen MR) is 131 cm³/mol. The van der Waals surface area contributed by atoms with Crippen molar-refractivity contribution in [1.82, 2.24) is 5.32 Å². The van der Waals surface area contributed by atoms with E-state index in [2.05, 4.69) is 12.2 Å². The van der Waals surface area contributed by atoms with Crippen LogP contribution in [-0.2, 0) is 21.2 Å². The Labute approximate surface area is 200 Å². The molecule has 0 unspecified atom stereocenters. The smallest absolute Gasteiger partial charge is 0.264 e. The van der Waals surface area contributed by atoms with E-state index in [-0.39, 0.29) is 22.4 Å². The third kappa shape index (κ3) is 5.86. The molecule has 0 saturated carbocycles. The summed E-state index contributed by atoms with van der Waals surface area (Å²) in [6, 6.07) is 20.2. The predicted octanol–water partition coefficient (Wildman–Crippen LogP) is 4.98. The first-order valence-electron chi connectivity index (χ1n) is 10.6. The summed E-state index contributed by atoms with van der Waals surface area (Å²) in [6.07, 6.45) is 0.925. The van der Waals surface area contributed by atoms with Gasteiger partial charge in [0, 0.05) is 5.02 Å². The van der Waals surface area contributed by atoms with Gasteiger partial charge in [-0.3, -0.25) is 9.10 Å². The molecule has 1 amide bonds. The molecule has 8 heteroatoms. The third-order valence-corrected chi connectivity index (χ3v) is 7.30. The quantitative estimate of drug-likeness (QED) is 0.462. The summed E-state index contributed by atoms with van der Waals surface area (Å²) in [5.74, 6) is -0.168. The molecule has 0 aromatic heterocycles. The number of anilines is 1. The van der Waals surface area contributed by atoms with Gasteiger partial charge in [-0.05, 0) is 54.8 Å². The summed E-state index contributed by atoms with van der Waals surface area (Å²) in [5.41, 5.74) is 2.31. The molecule has 6 nitrogen and oxygen atoms in total. The largest absolute Gasteiger partial charge is 0.495 e. The van der Waals surface area contributed by atoms with Crippen LogP contribution in [0.2, 0.25) is 5.02 Å². The highest BCUT2D eigenvalue weighted by Gasteiger charge is 2.30. The molecule has 174 valence electrons. The summed E-state index contributed by atoms with van der Waals surface area (Å²) in [5, 5.41) is 3.21. The first-order valence-corrected chi connectivity index (χ1v) is 12.4. The standard InChI is InChI=1S/C25H27ClN2O4S/c1-4-19-10-12-20(13-11-19)18(2)27-25(29)17-28(23-16-21(26)14-15-24(23)32-3)33(30,31)22-8-6-5-7-9-22/h5-16,18H,4,17H2,1-3H3,(H,27,29)/t18-/m1/s1. The maximum absolute atomic E-state index is 13.5. The number of carbonyl (C=O) groups excluding carboxylic acids is 1. The zero-order valence-electron chi connectivity index (χ0n) is 18.8. The lowest BCUT2D eigenvalue weighted by Crippen LogP contribution is -2.41. The lowest BCUT2D eigenvalue weighted by molar-refractivity contribution is -0.120. The highest BCUT2D eigenvalue weighted by Crippen LogP contribution is 2.34. The van der Waals surface area contributed by atoms with Crippen molar-refractivity contribution in [1.29, 1.82) is 0 Å². The molecule has 0 heterocycles. The second kappa shape index (κ2) is 10.7. The average Bonchev–Trinajstić information content (AvgIpc) is 2.83. The van der Waals surface area contributed by atoms with E-state index < -0.39 is 22.5 Å². The first kappa shape index (κ1) is 24.6. The van der Waals surface area contributed by atoms with E-state index in [0.717, 1.165) is 16.3 Å². The van der Waals surface area contributed by atoms with E-state index in [0.29, 0.717) is 5.02 Å². The van der Waals surface area contributed by atoms with Crippen molar-refractivity contribution < 1.29 is 17.9 Å². The van der Waals surface area contributed by atoms with E-state index >= 15 is 0 Å². The zero-order chi connectivity index (χ0) is 24.0. The minimum Gasteiger partial charge on any atom is -0.495 e. The highest BCUT2D eigenvalue weighted by molar-refractivity contribution is 7.92. The van der Waals surface area contributed by atoms with Crippen LogP contribution in [-0.4, -0.2) is 28.0 Å². The summed E-state index contributed by atoms with van der Waals surface area (Å²) in [4.78, 5) is 13.1. The fourth-order valence-corrected chi connectivity index (χ4v) is 5.03. The minimum atomic E-state index is -4.07. The number of amides is 1. The van der Waals surface area contributed by atoms with E-state index in [1.807, 2.05) is 31.2 Å². The highest BCUT2D eigenvalue weighted by atomic mass is 35.5. The number of rotatable bonds is 9. The van der Waals surface area contributed by atoms with Gasteiger partial charge < -0.3 is 10.1 Å². The fourth-order valence-electron chi connectivity index (χ4n) is 3.42. The lowest BCUT2D eigenvalue weighted by atomic mass is 10.1. The van der Waals surface area contributed by atoms with Crippen LogP contribution in [0.25, 0.3) is 0 Å². The molecule has 0 aliphatic heterocycles. The monoisotopic (exact) mass is 486 g/mol. The minimum absolute atomic E-state index is 0.0584. The maximum atomic E-state index is 13.5. The maximum Gasteiger partial charge on any atom is 0.264 e. The van der Waals surface area contributed by atoms with E-state index in [1.54, 1.807) is 30.3 Å². The molecule has 0 bridgehead atoms. The lowest BCUT2D eigenvalue weighted by Gasteiger charge is -2.26. The van der Waals surface area contributed by atoms with Gasteiger partial charge in [0.15, 0.2) is 0 Å². The number of aryl methyl sites for hydroxylation is 1. The number of nitrogens with zero attached hydrogens (tertiary/aromatic N) is 1. The second-order valence-electron chi connectivity index (χ2n) is 7.53. The van der Waals surface area contributed by atoms with Crippen LogP contribution < -0.4 is 14.4 Å². The van der Waals surface area contributed by atoms with Crippen LogP contribution in [0.5, 0.6) is 5.75 Å². The molecule has 0 aliphatic carbocycles. The van der Waals surface area contributed by atoms with Crippen LogP contribution in [0.15, 0.2) is 77.7 Å². The van der Waals surface area contributed by atoms with Crippen LogP contribution >= 0.6 is 11.6 Å². The normalized spacial score (nSPS) is 12.1. The molecular formula is C25H27ClN2O4S. The van der Waals surface area contributed by atoms with Gasteiger partial charge in [-0.25, -0.2) is 8.42 Å². The third-order valence-electron chi connectivity index (χ3n) is 5.29. The van der Waals surface area contributed by atoms with Gasteiger partial charge in [-0.15, -0.1) is 0 Å². The van der Waals surface area contributed by atoms with Gasteiger partial charge >= 0.3 is 0 Å². The van der Waals surface area contributed by atoms with Crippen molar-refractivity contribution in [2.75, 3.05) is 18.0 Å². The SMILES string of the molecule is CCc1ccc([C@@H](C)NC(=O)CN(c2cc(Cl)ccc2OC)S(=O)(=O)c2ccccc2)cc1. The van der Waals surface area contributed by atoms with Gasteiger partial charge in [-0.1, -0.05) is 61.0 Å². The Morgan fingerprint density at radius 1 is 1.06 bits per heavy atom. The summed E-state index contributed by atoms with van der Waals surface area (Å²) in [6.45, 7) is 3.49. The molecule has 3 aromatic carbocycles. The summed E-state index contributed by atoms with van der Waals surface area (Å²) >= 11 is 6.16. The Bertz CT molecular complexity index is 1200. The van der Waals surface area contributed by atoms with Gasteiger partial charge in [0.1, 0.15) is 12.3 Å². The van der Waals surface area contributed by atoms with Crippen molar-refractivity contribution in [2.45, 2.75) is 31.2 Å². The molecule has 1 N–H and O–H groups in total. The fraction of sp³-hybridized carbons (Fsp3) is 0.240. The van der Waals surface area contributed by atoms with Crippen molar-refractivity contribution >= 4 is 33.2 Å². The van der Waals surface area contributed by atoms with Crippen molar-refractivity contribution in [2.24, 2.45) is 0 Å². The second-order valence-corrected chi connectivity index (χ2v) is 9.82. The molecule has 33 heavy (non-hydrogen) atoms.